The minimum atomic E-state index is -0.770. The summed E-state index contributed by atoms with van der Waals surface area (Å²) in [5.41, 5.74) is 2.68. The molecule has 2 aromatic heterocycles. The van der Waals surface area contributed by atoms with Crippen molar-refractivity contribution in [3.8, 4) is 22.8 Å². The number of rotatable bonds is 7. The molecule has 196 valence electrons. The Morgan fingerprint density at radius 3 is 2.73 bits per heavy atom. The largest absolute Gasteiger partial charge is 0.494 e. The van der Waals surface area contributed by atoms with Gasteiger partial charge in [0.25, 0.3) is 5.91 Å². The molecule has 11 heteroatoms. The van der Waals surface area contributed by atoms with Crippen LogP contribution in [-0.4, -0.2) is 75.7 Å². The molecule has 5 rings (SSSR count). The summed E-state index contributed by atoms with van der Waals surface area (Å²) in [5.74, 6) is -0.247. The lowest BCUT2D eigenvalue weighted by Crippen LogP contribution is -2.56. The van der Waals surface area contributed by atoms with Crippen molar-refractivity contribution in [3.05, 3.63) is 35.5 Å². The fraction of sp³-hybridized carbons (Fsp3) is 0.462. The molecule has 1 aliphatic carbocycles. The van der Waals surface area contributed by atoms with Crippen molar-refractivity contribution < 1.29 is 28.6 Å². The number of aromatic amines is 1. The fourth-order valence-corrected chi connectivity index (χ4v) is 4.70. The van der Waals surface area contributed by atoms with Gasteiger partial charge in [-0.05, 0) is 38.2 Å². The lowest BCUT2D eigenvalue weighted by Gasteiger charge is -2.36. The number of amides is 2. The molecule has 2 amide bonds. The van der Waals surface area contributed by atoms with Crippen molar-refractivity contribution >= 4 is 22.8 Å². The number of benzene rings is 1. The van der Waals surface area contributed by atoms with E-state index >= 15 is 0 Å². The van der Waals surface area contributed by atoms with E-state index in [4.69, 9.17) is 9.47 Å². The number of hydrogen-bond donors (Lipinski definition) is 3. The van der Waals surface area contributed by atoms with Crippen LogP contribution in [0.5, 0.6) is 11.5 Å². The molecule has 0 spiro atoms. The summed E-state index contributed by atoms with van der Waals surface area (Å²) in [6.07, 6.45) is 3.11. The number of aliphatic hydroxyl groups is 1. The third-order valence-electron chi connectivity index (χ3n) is 7.02. The second kappa shape index (κ2) is 9.97. The van der Waals surface area contributed by atoms with E-state index in [0.717, 1.165) is 12.8 Å². The standard InChI is InChI=1S/C26H30FN5O5/c1-13-22(26(35)31-18-10-32(14(2)33)7-6-19(18)34)24-25(30-13)23(28-12-29-24)16-8-21(36-3)17(27)9-20(16)37-11-15-4-5-15/h8-9,12,15,18-19,30,34H,4-7,10-11H2,1-3H3,(H,31,35)/t18-,19+/m0/s1. The highest BCUT2D eigenvalue weighted by Gasteiger charge is 2.32. The average molecular weight is 512 g/mol. The van der Waals surface area contributed by atoms with Gasteiger partial charge in [0.1, 0.15) is 23.3 Å². The number of nitrogens with zero attached hydrogens (tertiary/aromatic N) is 3. The number of halogens is 1. The topological polar surface area (TPSA) is 130 Å². The predicted molar refractivity (Wildman–Crippen MR) is 133 cm³/mol. The monoisotopic (exact) mass is 511 g/mol. The van der Waals surface area contributed by atoms with E-state index in [1.807, 2.05) is 0 Å². The molecular weight excluding hydrogens is 481 g/mol. The maximum atomic E-state index is 14.6. The van der Waals surface area contributed by atoms with E-state index in [1.165, 1.54) is 32.5 Å². The first kappa shape index (κ1) is 24.9. The maximum absolute atomic E-state index is 14.6. The molecule has 3 N–H and O–H groups in total. The zero-order chi connectivity index (χ0) is 26.3. The highest BCUT2D eigenvalue weighted by molar-refractivity contribution is 6.09. The second-order valence-corrected chi connectivity index (χ2v) is 9.71. The van der Waals surface area contributed by atoms with Gasteiger partial charge in [-0.25, -0.2) is 14.4 Å². The number of carbonyl (C=O) groups is 2. The number of ether oxygens (including phenoxy) is 2. The number of fused-ring (bicyclic) bond motifs is 1. The molecule has 3 aromatic rings. The number of aliphatic hydroxyl groups excluding tert-OH is 1. The third kappa shape index (κ3) is 4.95. The Kier molecular flexibility index (Phi) is 6.72. The van der Waals surface area contributed by atoms with Crippen LogP contribution in [0.3, 0.4) is 0 Å². The van der Waals surface area contributed by atoms with E-state index in [0.29, 0.717) is 64.8 Å². The molecule has 1 aliphatic heterocycles. The molecule has 1 saturated heterocycles. The molecule has 3 heterocycles. The summed E-state index contributed by atoms with van der Waals surface area (Å²) in [5, 5.41) is 13.3. The number of aryl methyl sites for hydroxylation is 1. The van der Waals surface area contributed by atoms with Gasteiger partial charge in [-0.3, -0.25) is 9.59 Å². The number of methoxy groups -OCH3 is 1. The summed E-state index contributed by atoms with van der Waals surface area (Å²) in [6, 6.07) is 2.21. The minimum absolute atomic E-state index is 0.0445. The van der Waals surface area contributed by atoms with Crippen molar-refractivity contribution in [1.82, 2.24) is 25.2 Å². The van der Waals surface area contributed by atoms with Gasteiger partial charge in [0.15, 0.2) is 11.6 Å². The number of piperidine rings is 1. The van der Waals surface area contributed by atoms with Crippen LogP contribution in [0, 0.1) is 18.7 Å². The summed E-state index contributed by atoms with van der Waals surface area (Å²) >= 11 is 0. The van der Waals surface area contributed by atoms with Crippen molar-refractivity contribution in [1.29, 1.82) is 0 Å². The summed E-state index contributed by atoms with van der Waals surface area (Å²) in [7, 11) is 1.39. The average Bonchev–Trinajstić information content (AvgIpc) is 3.63. The lowest BCUT2D eigenvalue weighted by molar-refractivity contribution is -0.131. The van der Waals surface area contributed by atoms with Gasteiger partial charge in [0.2, 0.25) is 5.91 Å². The Hall–Kier alpha value is -3.73. The molecule has 0 bridgehead atoms. The molecule has 37 heavy (non-hydrogen) atoms. The first-order valence-electron chi connectivity index (χ1n) is 12.3. The zero-order valence-electron chi connectivity index (χ0n) is 21.0. The number of hydrogen-bond acceptors (Lipinski definition) is 7. The molecule has 1 saturated carbocycles. The van der Waals surface area contributed by atoms with Gasteiger partial charge >= 0.3 is 0 Å². The Bertz CT molecular complexity index is 1350. The van der Waals surface area contributed by atoms with Crippen LogP contribution in [0.25, 0.3) is 22.3 Å². The molecule has 10 nitrogen and oxygen atoms in total. The maximum Gasteiger partial charge on any atom is 0.255 e. The number of nitrogens with one attached hydrogen (secondary N) is 2. The van der Waals surface area contributed by atoms with Gasteiger partial charge in [-0.1, -0.05) is 0 Å². The first-order valence-corrected chi connectivity index (χ1v) is 12.3. The van der Waals surface area contributed by atoms with Gasteiger partial charge in [0, 0.05) is 37.3 Å². The molecular formula is C26H30FN5O5. The molecule has 2 aliphatic rings. The molecule has 1 aromatic carbocycles. The van der Waals surface area contributed by atoms with Gasteiger partial charge in [0.05, 0.1) is 36.9 Å². The zero-order valence-corrected chi connectivity index (χ0v) is 21.0. The smallest absolute Gasteiger partial charge is 0.255 e. The van der Waals surface area contributed by atoms with Gasteiger partial charge in [-0.15, -0.1) is 0 Å². The predicted octanol–water partition coefficient (Wildman–Crippen LogP) is 2.58. The van der Waals surface area contributed by atoms with Crippen LogP contribution < -0.4 is 14.8 Å². The third-order valence-corrected chi connectivity index (χ3v) is 7.02. The lowest BCUT2D eigenvalue weighted by atomic mass is 10.0. The van der Waals surface area contributed by atoms with Crippen LogP contribution in [0.1, 0.15) is 42.2 Å². The van der Waals surface area contributed by atoms with Crippen LogP contribution in [0.4, 0.5) is 4.39 Å². The van der Waals surface area contributed by atoms with E-state index in [9.17, 15) is 19.1 Å². The number of H-pyrrole nitrogens is 1. The highest BCUT2D eigenvalue weighted by Crippen LogP contribution is 2.39. The van der Waals surface area contributed by atoms with E-state index in [2.05, 4.69) is 20.3 Å². The first-order chi connectivity index (χ1) is 17.8. The molecule has 2 atom stereocenters. The Balaban J connectivity index is 1.51. The van der Waals surface area contributed by atoms with Crippen molar-refractivity contribution in [2.75, 3.05) is 26.8 Å². The number of aromatic nitrogens is 3. The van der Waals surface area contributed by atoms with Crippen LogP contribution in [0.2, 0.25) is 0 Å². The summed E-state index contributed by atoms with van der Waals surface area (Å²) < 4.78 is 25.7. The second-order valence-electron chi connectivity index (χ2n) is 9.71. The highest BCUT2D eigenvalue weighted by atomic mass is 19.1. The van der Waals surface area contributed by atoms with Crippen molar-refractivity contribution in [2.24, 2.45) is 5.92 Å². The summed E-state index contributed by atoms with van der Waals surface area (Å²) in [6.45, 7) is 4.35. The van der Waals surface area contributed by atoms with Crippen molar-refractivity contribution in [3.63, 3.8) is 0 Å². The molecule has 2 fully saturated rings. The van der Waals surface area contributed by atoms with Gasteiger partial charge < -0.3 is 29.8 Å². The normalized spacial score (nSPS) is 19.6. The SMILES string of the molecule is COc1cc(-c2ncnc3c(C(=O)N[C@H]4CN(C(C)=O)CC[C@H]4O)c(C)[nH]c23)c(OCC2CC2)cc1F. The van der Waals surface area contributed by atoms with E-state index in [1.54, 1.807) is 11.8 Å². The van der Waals surface area contributed by atoms with Gasteiger partial charge in [-0.2, -0.15) is 0 Å². The Morgan fingerprint density at radius 1 is 1.24 bits per heavy atom. The number of carbonyl (C=O) groups excluding carboxylic acids is 2. The molecule has 0 unspecified atom stereocenters. The molecule has 0 radical (unpaired) electrons. The van der Waals surface area contributed by atoms with Crippen LogP contribution >= 0.6 is 0 Å². The Labute approximate surface area is 213 Å². The van der Waals surface area contributed by atoms with Crippen LogP contribution in [0.15, 0.2) is 18.5 Å². The Morgan fingerprint density at radius 2 is 2.03 bits per heavy atom. The number of likely N-dealkylation sites (tertiary alicyclic amines) is 1. The summed E-state index contributed by atoms with van der Waals surface area (Å²) in [4.78, 5) is 38.8. The van der Waals surface area contributed by atoms with E-state index in [-0.39, 0.29) is 18.2 Å². The quantitative estimate of drug-likeness (QED) is 0.445. The fourth-order valence-electron chi connectivity index (χ4n) is 4.70. The van der Waals surface area contributed by atoms with Crippen LogP contribution in [-0.2, 0) is 4.79 Å². The minimum Gasteiger partial charge on any atom is -0.494 e. The van der Waals surface area contributed by atoms with E-state index < -0.39 is 23.9 Å². The van der Waals surface area contributed by atoms with Crippen molar-refractivity contribution in [2.45, 2.75) is 45.3 Å².